The molecule has 188 valence electrons. The lowest BCUT2D eigenvalue weighted by Gasteiger charge is -2.29. The zero-order valence-electron chi connectivity index (χ0n) is 20.6. The fraction of sp³-hybridized carbons (Fsp3) is 0.385. The summed E-state index contributed by atoms with van der Waals surface area (Å²) >= 11 is 9.21. The monoisotopic (exact) mass is 629 g/mol. The van der Waals surface area contributed by atoms with Gasteiger partial charge in [-0.15, -0.1) is 11.8 Å². The van der Waals surface area contributed by atoms with Gasteiger partial charge in [-0.2, -0.15) is 0 Å². The highest BCUT2D eigenvalue weighted by Gasteiger charge is 2.19. The molecular formula is C26H29Br2N7S. The molecule has 0 bridgehead atoms. The number of hydrogen-bond acceptors (Lipinski definition) is 8. The molecule has 0 radical (unpaired) electrons. The van der Waals surface area contributed by atoms with Crippen LogP contribution in [-0.2, 0) is 0 Å². The molecule has 0 spiro atoms. The molecule has 1 aliphatic heterocycles. The maximum absolute atomic E-state index is 5.02. The molecule has 0 amide bonds. The van der Waals surface area contributed by atoms with Crippen LogP contribution in [0.25, 0.3) is 33.2 Å². The van der Waals surface area contributed by atoms with Crippen molar-refractivity contribution in [2.75, 3.05) is 51.8 Å². The van der Waals surface area contributed by atoms with Gasteiger partial charge in [0.2, 0.25) is 0 Å². The van der Waals surface area contributed by atoms with Crippen LogP contribution in [0.2, 0.25) is 0 Å². The van der Waals surface area contributed by atoms with Crippen LogP contribution in [0.15, 0.2) is 50.6 Å². The van der Waals surface area contributed by atoms with E-state index >= 15 is 0 Å². The number of hydrogen-bond donors (Lipinski definition) is 1. The van der Waals surface area contributed by atoms with Crippen LogP contribution in [0, 0.1) is 0 Å². The number of likely N-dealkylation sites (tertiary alicyclic amines) is 1. The second-order valence-corrected chi connectivity index (χ2v) is 12.3. The van der Waals surface area contributed by atoms with E-state index < -0.39 is 0 Å². The fourth-order valence-corrected chi connectivity index (χ4v) is 6.34. The van der Waals surface area contributed by atoms with Crippen molar-refractivity contribution in [3.8, 4) is 11.1 Å². The smallest absolute Gasteiger partial charge is 0.145 e. The molecule has 36 heavy (non-hydrogen) atoms. The van der Waals surface area contributed by atoms with Crippen molar-refractivity contribution < 1.29 is 0 Å². The number of rotatable bonds is 7. The second kappa shape index (κ2) is 11.3. The van der Waals surface area contributed by atoms with Crippen molar-refractivity contribution in [1.82, 2.24) is 29.7 Å². The van der Waals surface area contributed by atoms with Crippen molar-refractivity contribution in [1.29, 1.82) is 0 Å². The van der Waals surface area contributed by atoms with E-state index in [1.54, 1.807) is 11.8 Å². The molecule has 7 nitrogen and oxygen atoms in total. The summed E-state index contributed by atoms with van der Waals surface area (Å²) in [4.78, 5) is 24.1. The molecule has 2 aromatic heterocycles. The summed E-state index contributed by atoms with van der Waals surface area (Å²) in [6.45, 7) is 3.18. The third-order valence-electron chi connectivity index (χ3n) is 6.38. The molecule has 0 atom stereocenters. The number of thioether (sulfide) groups is 1. The first kappa shape index (κ1) is 25.8. The second-order valence-electron chi connectivity index (χ2n) is 9.45. The predicted octanol–water partition coefficient (Wildman–Crippen LogP) is 5.92. The molecule has 3 heterocycles. The lowest BCUT2D eigenvalue weighted by Crippen LogP contribution is -2.36. The Balaban J connectivity index is 1.54. The van der Waals surface area contributed by atoms with Crippen LogP contribution in [0.1, 0.15) is 12.8 Å². The van der Waals surface area contributed by atoms with Gasteiger partial charge in [-0.3, -0.25) is 9.97 Å². The summed E-state index contributed by atoms with van der Waals surface area (Å²) in [6.07, 6.45) is 5.93. The van der Waals surface area contributed by atoms with Crippen molar-refractivity contribution in [2.24, 2.45) is 0 Å². The quantitative estimate of drug-likeness (QED) is 0.252. The molecule has 1 fully saturated rings. The Morgan fingerprint density at radius 1 is 1.03 bits per heavy atom. The van der Waals surface area contributed by atoms with Gasteiger partial charge >= 0.3 is 0 Å². The van der Waals surface area contributed by atoms with E-state index in [0.29, 0.717) is 6.04 Å². The number of aromatic nitrogens is 4. The number of halogens is 2. The Morgan fingerprint density at radius 2 is 1.83 bits per heavy atom. The van der Waals surface area contributed by atoms with E-state index in [2.05, 4.69) is 74.2 Å². The fourth-order valence-electron chi connectivity index (χ4n) is 4.41. The van der Waals surface area contributed by atoms with Gasteiger partial charge in [0.05, 0.1) is 34.5 Å². The largest absolute Gasteiger partial charge is 0.366 e. The van der Waals surface area contributed by atoms with E-state index in [-0.39, 0.29) is 0 Å². The van der Waals surface area contributed by atoms with Gasteiger partial charge in [-0.25, -0.2) is 9.97 Å². The van der Waals surface area contributed by atoms with Crippen molar-refractivity contribution in [2.45, 2.75) is 23.9 Å². The summed E-state index contributed by atoms with van der Waals surface area (Å²) < 4.78 is 1.90. The van der Waals surface area contributed by atoms with Crippen LogP contribution >= 0.6 is 43.6 Å². The first-order chi connectivity index (χ1) is 17.4. The zero-order chi connectivity index (χ0) is 25.2. The third-order valence-corrected chi connectivity index (χ3v) is 8.38. The first-order valence-corrected chi connectivity index (χ1v) is 14.6. The van der Waals surface area contributed by atoms with E-state index in [1.165, 1.54) is 0 Å². The Hall–Kier alpha value is -1.85. The Morgan fingerprint density at radius 3 is 2.61 bits per heavy atom. The van der Waals surface area contributed by atoms with Crippen LogP contribution in [0.4, 0.5) is 5.82 Å². The summed E-state index contributed by atoms with van der Waals surface area (Å²) in [5.74, 6) is 1.77. The van der Waals surface area contributed by atoms with Gasteiger partial charge < -0.3 is 15.1 Å². The number of nitrogens with zero attached hydrogens (tertiary/aromatic N) is 6. The molecular weight excluding hydrogens is 602 g/mol. The highest BCUT2D eigenvalue weighted by atomic mass is 79.9. The van der Waals surface area contributed by atoms with Gasteiger partial charge in [0, 0.05) is 38.4 Å². The molecule has 2 aromatic carbocycles. The molecule has 4 aromatic rings. The van der Waals surface area contributed by atoms with Crippen LogP contribution < -0.4 is 5.32 Å². The van der Waals surface area contributed by atoms with E-state index in [1.807, 2.05) is 30.6 Å². The van der Waals surface area contributed by atoms with E-state index in [9.17, 15) is 0 Å². The molecule has 1 N–H and O–H groups in total. The molecule has 0 saturated carbocycles. The molecule has 0 unspecified atom stereocenters. The van der Waals surface area contributed by atoms with Gasteiger partial charge in [-0.05, 0) is 71.3 Å². The minimum absolute atomic E-state index is 0.422. The third kappa shape index (κ3) is 5.83. The number of anilines is 1. The van der Waals surface area contributed by atoms with Crippen molar-refractivity contribution >= 4 is 71.5 Å². The first-order valence-electron chi connectivity index (χ1n) is 12.0. The standard InChI is InChI=1S/C26H29Br2N7S/c1-34(2)10-11-36-23-15-29-20-5-4-19(28)24(26(20)33-23)18-12-16(27)13-21-25(18)30-14-22(32-21)31-17-6-8-35(3)9-7-17/h4-5,12-15,17H,6-11H2,1-3H3,(H,31,32). The normalized spacial score (nSPS) is 15.3. The molecule has 0 aliphatic carbocycles. The summed E-state index contributed by atoms with van der Waals surface area (Å²) in [5, 5.41) is 4.51. The van der Waals surface area contributed by atoms with Crippen molar-refractivity contribution in [3.63, 3.8) is 0 Å². The van der Waals surface area contributed by atoms with Gasteiger partial charge in [0.1, 0.15) is 10.8 Å². The van der Waals surface area contributed by atoms with E-state index in [4.69, 9.17) is 19.9 Å². The highest BCUT2D eigenvalue weighted by Crippen LogP contribution is 2.39. The lowest BCUT2D eigenvalue weighted by molar-refractivity contribution is 0.263. The Bertz CT molecular complexity index is 1390. The zero-order valence-corrected chi connectivity index (χ0v) is 24.6. The minimum Gasteiger partial charge on any atom is -0.366 e. The summed E-state index contributed by atoms with van der Waals surface area (Å²) in [7, 11) is 6.33. The van der Waals surface area contributed by atoms with Gasteiger partial charge in [-0.1, -0.05) is 31.9 Å². The van der Waals surface area contributed by atoms with Crippen LogP contribution in [-0.4, -0.2) is 82.3 Å². The average Bonchev–Trinajstić information content (AvgIpc) is 2.84. The number of fused-ring (bicyclic) bond motifs is 2. The topological polar surface area (TPSA) is 70.1 Å². The molecule has 1 saturated heterocycles. The Kier molecular flexibility index (Phi) is 8.07. The summed E-state index contributed by atoms with van der Waals surface area (Å²) in [6, 6.07) is 8.57. The number of benzene rings is 2. The SMILES string of the molecule is CN(C)CCSc1cnc2ccc(Br)c(-c3cc(Br)cc4nc(NC5CCN(C)CC5)cnc34)c2n1. The minimum atomic E-state index is 0.422. The Labute approximate surface area is 232 Å². The van der Waals surface area contributed by atoms with E-state index in [0.717, 1.165) is 91.2 Å². The van der Waals surface area contributed by atoms with Gasteiger partial charge in [0.15, 0.2) is 0 Å². The lowest BCUT2D eigenvalue weighted by atomic mass is 10.0. The average molecular weight is 631 g/mol. The van der Waals surface area contributed by atoms with Crippen LogP contribution in [0.5, 0.6) is 0 Å². The van der Waals surface area contributed by atoms with Crippen LogP contribution in [0.3, 0.4) is 0 Å². The highest BCUT2D eigenvalue weighted by molar-refractivity contribution is 9.10. The number of nitrogens with one attached hydrogen (secondary N) is 1. The summed E-state index contributed by atoms with van der Waals surface area (Å²) in [5.41, 5.74) is 5.34. The van der Waals surface area contributed by atoms with Crippen molar-refractivity contribution in [3.05, 3.63) is 45.6 Å². The number of piperidine rings is 1. The predicted molar refractivity (Wildman–Crippen MR) is 157 cm³/mol. The molecule has 10 heteroatoms. The maximum atomic E-state index is 5.02. The van der Waals surface area contributed by atoms with Gasteiger partial charge in [0.25, 0.3) is 0 Å². The molecule has 1 aliphatic rings. The molecule has 5 rings (SSSR count). The maximum Gasteiger partial charge on any atom is 0.145 e.